The highest BCUT2D eigenvalue weighted by Crippen LogP contribution is 2.60. The van der Waals surface area contributed by atoms with Gasteiger partial charge in [-0.25, -0.2) is 0 Å². The number of carbonyl (C=O) groups is 3. The van der Waals surface area contributed by atoms with Gasteiger partial charge >= 0.3 is 0 Å². The lowest BCUT2D eigenvalue weighted by Crippen LogP contribution is -2.57. The normalized spacial score (nSPS) is 30.1. The van der Waals surface area contributed by atoms with Gasteiger partial charge in [0, 0.05) is 23.7 Å². The minimum Gasteiger partial charge on any atom is -0.344 e. The third-order valence-corrected chi connectivity index (χ3v) is 7.21. The average Bonchev–Trinajstić information content (AvgIpc) is 2.64. The Labute approximate surface area is 178 Å². The van der Waals surface area contributed by atoms with Crippen molar-refractivity contribution in [3.05, 3.63) is 24.3 Å². The zero-order chi connectivity index (χ0) is 21.5. The minimum absolute atomic E-state index is 0.0265. The molecule has 30 heavy (non-hydrogen) atoms. The summed E-state index contributed by atoms with van der Waals surface area (Å²) in [6.07, 6.45) is 6.80. The van der Waals surface area contributed by atoms with E-state index in [0.717, 1.165) is 19.3 Å². The van der Waals surface area contributed by atoms with Crippen LogP contribution in [0.5, 0.6) is 0 Å². The van der Waals surface area contributed by atoms with E-state index in [4.69, 9.17) is 0 Å². The molecule has 1 aromatic rings. The van der Waals surface area contributed by atoms with Crippen molar-refractivity contribution >= 4 is 29.1 Å². The highest BCUT2D eigenvalue weighted by Gasteiger charge is 2.55. The Morgan fingerprint density at radius 1 is 0.933 bits per heavy atom. The average molecular weight is 412 g/mol. The summed E-state index contributed by atoms with van der Waals surface area (Å²) in [6, 6.07) is 6.46. The van der Waals surface area contributed by atoms with Gasteiger partial charge in [-0.15, -0.1) is 0 Å². The van der Waals surface area contributed by atoms with Crippen LogP contribution in [0.2, 0.25) is 0 Å². The molecule has 0 aromatic heterocycles. The zero-order valence-corrected chi connectivity index (χ0v) is 18.2. The van der Waals surface area contributed by atoms with Crippen molar-refractivity contribution in [1.82, 2.24) is 5.32 Å². The molecule has 0 radical (unpaired) electrons. The number of hydrogen-bond donors (Lipinski definition) is 3. The minimum atomic E-state index is -0.588. The summed E-state index contributed by atoms with van der Waals surface area (Å²) in [7, 11) is 0. The molecule has 4 aliphatic carbocycles. The molecule has 4 aliphatic rings. The number of amides is 3. The molecule has 4 saturated carbocycles. The predicted octanol–water partition coefficient (Wildman–Crippen LogP) is 3.94. The van der Waals surface area contributed by atoms with Gasteiger partial charge in [0.2, 0.25) is 17.7 Å². The van der Waals surface area contributed by atoms with Crippen molar-refractivity contribution in [2.24, 2.45) is 29.1 Å². The molecule has 6 heteroatoms. The maximum atomic E-state index is 13.4. The Morgan fingerprint density at radius 3 is 1.97 bits per heavy atom. The SMILES string of the molecule is CC(=O)Nc1cccc(NC(=O)[C@@H](NC(=O)C23CC4CC(CC(C4)C2)C3)C(C)C)c1. The van der Waals surface area contributed by atoms with Gasteiger partial charge in [0.25, 0.3) is 0 Å². The monoisotopic (exact) mass is 411 g/mol. The van der Waals surface area contributed by atoms with Crippen molar-refractivity contribution in [2.75, 3.05) is 10.6 Å². The molecule has 1 atom stereocenters. The fourth-order valence-corrected chi connectivity index (χ4v) is 6.32. The third kappa shape index (κ3) is 4.23. The van der Waals surface area contributed by atoms with E-state index in [0.29, 0.717) is 29.1 Å². The molecule has 0 aliphatic heterocycles. The Balaban J connectivity index is 1.44. The molecular weight excluding hydrogens is 378 g/mol. The van der Waals surface area contributed by atoms with E-state index in [9.17, 15) is 14.4 Å². The van der Waals surface area contributed by atoms with E-state index in [1.165, 1.54) is 26.2 Å². The number of anilines is 2. The van der Waals surface area contributed by atoms with Crippen molar-refractivity contribution in [3.63, 3.8) is 0 Å². The maximum absolute atomic E-state index is 13.4. The molecule has 1 aromatic carbocycles. The summed E-state index contributed by atoms with van der Waals surface area (Å²) in [5.74, 6) is 1.72. The second kappa shape index (κ2) is 8.05. The van der Waals surface area contributed by atoms with Crippen LogP contribution >= 0.6 is 0 Å². The maximum Gasteiger partial charge on any atom is 0.247 e. The number of hydrogen-bond acceptors (Lipinski definition) is 3. The molecule has 5 rings (SSSR count). The molecule has 162 valence electrons. The molecule has 4 fully saturated rings. The van der Waals surface area contributed by atoms with E-state index in [1.807, 2.05) is 13.8 Å². The third-order valence-electron chi connectivity index (χ3n) is 7.21. The quantitative estimate of drug-likeness (QED) is 0.663. The summed E-state index contributed by atoms with van der Waals surface area (Å²) < 4.78 is 0. The Hall–Kier alpha value is -2.37. The zero-order valence-electron chi connectivity index (χ0n) is 18.2. The van der Waals surface area contributed by atoms with Crippen LogP contribution in [0.3, 0.4) is 0 Å². The number of nitrogens with one attached hydrogen (secondary N) is 3. The van der Waals surface area contributed by atoms with Gasteiger partial charge in [0.1, 0.15) is 6.04 Å². The number of benzene rings is 1. The van der Waals surface area contributed by atoms with E-state index in [2.05, 4.69) is 16.0 Å². The number of rotatable bonds is 6. The summed E-state index contributed by atoms with van der Waals surface area (Å²) in [5, 5.41) is 8.75. The lowest BCUT2D eigenvalue weighted by Gasteiger charge is -2.55. The second-order valence-electron chi connectivity index (χ2n) is 10.1. The van der Waals surface area contributed by atoms with Crippen molar-refractivity contribution in [1.29, 1.82) is 0 Å². The molecule has 0 unspecified atom stereocenters. The molecule has 0 heterocycles. The van der Waals surface area contributed by atoms with Crippen molar-refractivity contribution in [3.8, 4) is 0 Å². The first-order chi connectivity index (χ1) is 14.2. The van der Waals surface area contributed by atoms with Crippen LogP contribution in [0, 0.1) is 29.1 Å². The van der Waals surface area contributed by atoms with E-state index in [1.54, 1.807) is 24.3 Å². The lowest BCUT2D eigenvalue weighted by atomic mass is 9.49. The van der Waals surface area contributed by atoms with Crippen LogP contribution in [-0.2, 0) is 14.4 Å². The van der Waals surface area contributed by atoms with Gasteiger partial charge in [0.15, 0.2) is 0 Å². The summed E-state index contributed by atoms with van der Waals surface area (Å²) >= 11 is 0. The standard InChI is InChI=1S/C24H33N3O3/c1-14(2)21(22(29)26-20-6-4-5-19(10-20)25-15(3)28)27-23(30)24-11-16-7-17(12-24)9-18(8-16)13-24/h4-6,10,14,16-18,21H,7-9,11-13H2,1-3H3,(H,25,28)(H,26,29)(H,27,30)/t16?,17?,18?,21-,24?/m0/s1. The van der Waals surface area contributed by atoms with Gasteiger partial charge in [0.05, 0.1) is 0 Å². The van der Waals surface area contributed by atoms with Crippen LogP contribution in [-0.4, -0.2) is 23.8 Å². The molecule has 4 bridgehead atoms. The van der Waals surface area contributed by atoms with Gasteiger partial charge in [-0.05, 0) is 80.4 Å². The molecular formula is C24H33N3O3. The van der Waals surface area contributed by atoms with Crippen molar-refractivity contribution < 1.29 is 14.4 Å². The fourth-order valence-electron chi connectivity index (χ4n) is 6.32. The Morgan fingerprint density at radius 2 is 1.47 bits per heavy atom. The smallest absolute Gasteiger partial charge is 0.247 e. The van der Waals surface area contributed by atoms with E-state index in [-0.39, 0.29) is 29.1 Å². The first kappa shape index (κ1) is 20.9. The van der Waals surface area contributed by atoms with Gasteiger partial charge in [-0.3, -0.25) is 14.4 Å². The van der Waals surface area contributed by atoms with Crippen molar-refractivity contribution in [2.45, 2.75) is 65.3 Å². The molecule has 0 spiro atoms. The second-order valence-corrected chi connectivity index (χ2v) is 10.1. The first-order valence-electron chi connectivity index (χ1n) is 11.2. The fraction of sp³-hybridized carbons (Fsp3) is 0.625. The van der Waals surface area contributed by atoms with Crippen LogP contribution in [0.4, 0.5) is 11.4 Å². The summed E-state index contributed by atoms with van der Waals surface area (Å²) in [6.45, 7) is 5.36. The number of carbonyl (C=O) groups excluding carboxylic acids is 3. The highest BCUT2D eigenvalue weighted by atomic mass is 16.2. The molecule has 3 N–H and O–H groups in total. The first-order valence-corrected chi connectivity index (χ1v) is 11.2. The van der Waals surface area contributed by atoms with Crippen LogP contribution in [0.1, 0.15) is 59.3 Å². The van der Waals surface area contributed by atoms with Crippen LogP contribution in [0.25, 0.3) is 0 Å². The summed E-state index contributed by atoms with van der Waals surface area (Å²) in [4.78, 5) is 37.7. The molecule has 0 saturated heterocycles. The molecule has 6 nitrogen and oxygen atoms in total. The topological polar surface area (TPSA) is 87.3 Å². The Bertz CT molecular complexity index is 813. The lowest BCUT2D eigenvalue weighted by molar-refractivity contribution is -0.148. The highest BCUT2D eigenvalue weighted by molar-refractivity contribution is 5.99. The van der Waals surface area contributed by atoms with Crippen LogP contribution in [0.15, 0.2) is 24.3 Å². The van der Waals surface area contributed by atoms with Crippen LogP contribution < -0.4 is 16.0 Å². The van der Waals surface area contributed by atoms with E-state index >= 15 is 0 Å². The van der Waals surface area contributed by atoms with E-state index < -0.39 is 6.04 Å². The van der Waals surface area contributed by atoms with Gasteiger partial charge < -0.3 is 16.0 Å². The largest absolute Gasteiger partial charge is 0.344 e. The van der Waals surface area contributed by atoms with Gasteiger partial charge in [-0.1, -0.05) is 19.9 Å². The summed E-state index contributed by atoms with van der Waals surface area (Å²) in [5.41, 5.74) is 0.952. The molecule has 3 amide bonds. The Kier molecular flexibility index (Phi) is 5.60. The van der Waals surface area contributed by atoms with Gasteiger partial charge in [-0.2, -0.15) is 0 Å². The predicted molar refractivity (Wildman–Crippen MR) is 117 cm³/mol.